The van der Waals surface area contributed by atoms with Crippen LogP contribution in [0.5, 0.6) is 5.75 Å². The third-order valence-electron chi connectivity index (χ3n) is 0.969. The topological polar surface area (TPSA) is 20.2 Å². The summed E-state index contributed by atoms with van der Waals surface area (Å²) in [5.41, 5.74) is 0. The molecule has 1 aromatic carbocycles. The van der Waals surface area contributed by atoms with Crippen molar-refractivity contribution in [2.24, 2.45) is 0 Å². The van der Waals surface area contributed by atoms with Crippen LogP contribution in [0.3, 0.4) is 0 Å². The molecule has 0 atom stereocenters. The quantitative estimate of drug-likeness (QED) is 0.557. The van der Waals surface area contributed by atoms with Gasteiger partial charge in [0.2, 0.25) is 0 Å². The molecule has 0 amide bonds. The van der Waals surface area contributed by atoms with Gasteiger partial charge >= 0.3 is 0 Å². The zero-order valence-corrected chi connectivity index (χ0v) is 6.89. The van der Waals surface area contributed by atoms with E-state index in [0.717, 1.165) is 12.1 Å². The highest BCUT2D eigenvalue weighted by atomic mass is 127. The molecule has 0 aliphatic rings. The van der Waals surface area contributed by atoms with E-state index >= 15 is 0 Å². The Labute approximate surface area is 69.8 Å². The van der Waals surface area contributed by atoms with Crippen LogP contribution in [-0.4, -0.2) is 5.11 Å². The maximum absolute atomic E-state index is 12.4. The second-order valence-electron chi connectivity index (χ2n) is 1.72. The van der Waals surface area contributed by atoms with Gasteiger partial charge in [-0.3, -0.25) is 0 Å². The molecule has 54 valence electrons. The summed E-state index contributed by atoms with van der Waals surface area (Å²) < 4.78 is 24.8. The van der Waals surface area contributed by atoms with Gasteiger partial charge in [0.15, 0.2) is 0 Å². The van der Waals surface area contributed by atoms with E-state index in [1.54, 1.807) is 0 Å². The first-order valence-corrected chi connectivity index (χ1v) is 3.52. The van der Waals surface area contributed by atoms with Gasteiger partial charge in [0.1, 0.15) is 17.4 Å². The van der Waals surface area contributed by atoms with Gasteiger partial charge in [-0.05, 0) is 22.6 Å². The average molecular weight is 256 g/mol. The van der Waals surface area contributed by atoms with Crippen LogP contribution in [0.2, 0.25) is 0 Å². The SMILES string of the molecule is Oc1cc(F)c(I)c(F)c1. The van der Waals surface area contributed by atoms with E-state index in [-0.39, 0.29) is 3.57 Å². The van der Waals surface area contributed by atoms with Crippen molar-refractivity contribution in [3.8, 4) is 5.75 Å². The molecule has 0 heterocycles. The fraction of sp³-hybridized carbons (Fsp3) is 0. The van der Waals surface area contributed by atoms with Gasteiger partial charge in [0.25, 0.3) is 0 Å². The molecule has 0 aromatic heterocycles. The van der Waals surface area contributed by atoms with Gasteiger partial charge in [-0.1, -0.05) is 0 Å². The van der Waals surface area contributed by atoms with E-state index in [9.17, 15) is 8.78 Å². The Kier molecular flexibility index (Phi) is 2.08. The molecule has 1 nitrogen and oxygen atoms in total. The Morgan fingerprint density at radius 1 is 1.20 bits per heavy atom. The number of benzene rings is 1. The predicted octanol–water partition coefficient (Wildman–Crippen LogP) is 2.28. The molecule has 0 fully saturated rings. The summed E-state index contributed by atoms with van der Waals surface area (Å²) in [6.45, 7) is 0. The molecule has 0 spiro atoms. The van der Waals surface area contributed by atoms with Gasteiger partial charge < -0.3 is 5.11 Å². The number of hydrogen-bond acceptors (Lipinski definition) is 1. The highest BCUT2D eigenvalue weighted by molar-refractivity contribution is 14.1. The lowest BCUT2D eigenvalue weighted by molar-refractivity contribution is 0.458. The van der Waals surface area contributed by atoms with Crippen molar-refractivity contribution in [2.45, 2.75) is 0 Å². The van der Waals surface area contributed by atoms with Crippen LogP contribution in [0, 0.1) is 15.2 Å². The summed E-state index contributed by atoms with van der Waals surface area (Å²) in [4.78, 5) is 0. The Morgan fingerprint density at radius 2 is 1.60 bits per heavy atom. The monoisotopic (exact) mass is 256 g/mol. The summed E-state index contributed by atoms with van der Waals surface area (Å²) in [7, 11) is 0. The first kappa shape index (κ1) is 7.71. The number of hydrogen-bond donors (Lipinski definition) is 1. The second-order valence-corrected chi connectivity index (χ2v) is 2.80. The zero-order chi connectivity index (χ0) is 7.72. The summed E-state index contributed by atoms with van der Waals surface area (Å²) >= 11 is 1.52. The molecule has 1 aromatic rings. The fourth-order valence-corrected chi connectivity index (χ4v) is 0.854. The van der Waals surface area contributed by atoms with Crippen molar-refractivity contribution >= 4 is 22.6 Å². The molecular weight excluding hydrogens is 253 g/mol. The van der Waals surface area contributed by atoms with E-state index in [2.05, 4.69) is 0 Å². The second kappa shape index (κ2) is 2.69. The Bertz CT molecular complexity index is 239. The van der Waals surface area contributed by atoms with Crippen LogP contribution < -0.4 is 0 Å². The van der Waals surface area contributed by atoms with Crippen molar-refractivity contribution in [3.63, 3.8) is 0 Å². The molecule has 0 saturated carbocycles. The molecule has 0 aliphatic carbocycles. The lowest BCUT2D eigenvalue weighted by Gasteiger charge is -1.96. The van der Waals surface area contributed by atoms with Crippen LogP contribution in [0.15, 0.2) is 12.1 Å². The first-order valence-electron chi connectivity index (χ1n) is 2.45. The van der Waals surface area contributed by atoms with Gasteiger partial charge in [0.05, 0.1) is 3.57 Å². The molecule has 1 N–H and O–H groups in total. The van der Waals surface area contributed by atoms with E-state index in [0.29, 0.717) is 0 Å². The minimum Gasteiger partial charge on any atom is -0.508 e. The molecular formula is C6H3F2IO. The van der Waals surface area contributed by atoms with Crippen LogP contribution in [0.25, 0.3) is 0 Å². The largest absolute Gasteiger partial charge is 0.508 e. The summed E-state index contributed by atoms with van der Waals surface area (Å²) in [5.74, 6) is -1.87. The lowest BCUT2D eigenvalue weighted by atomic mass is 10.3. The van der Waals surface area contributed by atoms with Gasteiger partial charge in [-0.2, -0.15) is 0 Å². The molecule has 0 radical (unpaired) electrons. The number of halogens is 3. The molecule has 4 heteroatoms. The summed E-state index contributed by atoms with van der Waals surface area (Å²) in [5, 5.41) is 8.64. The van der Waals surface area contributed by atoms with E-state index in [1.165, 1.54) is 22.6 Å². The van der Waals surface area contributed by atoms with Crippen LogP contribution in [-0.2, 0) is 0 Å². The normalized spacial score (nSPS) is 9.90. The van der Waals surface area contributed by atoms with Gasteiger partial charge in [-0.15, -0.1) is 0 Å². The van der Waals surface area contributed by atoms with Crippen molar-refractivity contribution in [1.82, 2.24) is 0 Å². The van der Waals surface area contributed by atoms with E-state index in [1.807, 2.05) is 0 Å². The predicted molar refractivity (Wildman–Crippen MR) is 40.7 cm³/mol. The number of rotatable bonds is 0. The summed E-state index contributed by atoms with van der Waals surface area (Å²) in [6.07, 6.45) is 0. The Morgan fingerprint density at radius 3 is 2.00 bits per heavy atom. The van der Waals surface area contributed by atoms with Crippen molar-refractivity contribution in [3.05, 3.63) is 27.3 Å². The molecule has 0 aliphatic heterocycles. The first-order chi connectivity index (χ1) is 4.61. The van der Waals surface area contributed by atoms with Crippen LogP contribution in [0.1, 0.15) is 0 Å². The molecule has 10 heavy (non-hydrogen) atoms. The van der Waals surface area contributed by atoms with Crippen molar-refractivity contribution in [1.29, 1.82) is 0 Å². The Balaban J connectivity index is 3.31. The number of phenolic OH excluding ortho intramolecular Hbond substituents is 1. The fourth-order valence-electron chi connectivity index (χ4n) is 0.542. The highest BCUT2D eigenvalue weighted by Gasteiger charge is 2.06. The number of aromatic hydroxyl groups is 1. The minimum absolute atomic E-state index is 0.101. The van der Waals surface area contributed by atoms with Crippen molar-refractivity contribution in [2.75, 3.05) is 0 Å². The third kappa shape index (κ3) is 1.36. The lowest BCUT2D eigenvalue weighted by Crippen LogP contribution is -1.86. The maximum Gasteiger partial charge on any atom is 0.143 e. The van der Waals surface area contributed by atoms with Crippen molar-refractivity contribution < 1.29 is 13.9 Å². The van der Waals surface area contributed by atoms with Gasteiger partial charge in [0, 0.05) is 12.1 Å². The molecule has 0 unspecified atom stereocenters. The smallest absolute Gasteiger partial charge is 0.143 e. The number of phenols is 1. The third-order valence-corrected chi connectivity index (χ3v) is 2.00. The van der Waals surface area contributed by atoms with E-state index in [4.69, 9.17) is 5.11 Å². The molecule has 0 saturated heterocycles. The highest BCUT2D eigenvalue weighted by Crippen LogP contribution is 2.20. The summed E-state index contributed by atoms with van der Waals surface area (Å²) in [6, 6.07) is 1.73. The van der Waals surface area contributed by atoms with Crippen LogP contribution in [0.4, 0.5) is 8.78 Å². The standard InChI is InChI=1S/C6H3F2IO/c7-4-1-3(10)2-5(8)6(4)9/h1-2,10H. The molecule has 0 bridgehead atoms. The average Bonchev–Trinajstić information content (AvgIpc) is 1.82. The van der Waals surface area contributed by atoms with Gasteiger partial charge in [-0.25, -0.2) is 8.78 Å². The van der Waals surface area contributed by atoms with Crippen LogP contribution >= 0.6 is 22.6 Å². The maximum atomic E-state index is 12.4. The Hall–Kier alpha value is -0.390. The zero-order valence-electron chi connectivity index (χ0n) is 4.74. The molecule has 1 rings (SSSR count). The van der Waals surface area contributed by atoms with E-state index < -0.39 is 17.4 Å². The minimum atomic E-state index is -0.738.